The molecule has 5 rings (SSSR count). The summed E-state index contributed by atoms with van der Waals surface area (Å²) in [5.41, 5.74) is 5.52. The number of hydrogen-bond donors (Lipinski definition) is 3. The van der Waals surface area contributed by atoms with Crippen LogP contribution in [0, 0.1) is 25.6 Å². The monoisotopic (exact) mass is 491 g/mol. The highest BCUT2D eigenvalue weighted by Gasteiger charge is 2.48. The third kappa shape index (κ3) is 4.57. The maximum atomic E-state index is 14.7. The molecule has 1 saturated carbocycles. The second-order valence-electron chi connectivity index (χ2n) is 9.69. The largest absolute Gasteiger partial charge is 0.363 e. The van der Waals surface area contributed by atoms with Gasteiger partial charge in [-0.15, -0.1) is 0 Å². The number of carbonyl (C=O) groups is 1. The van der Waals surface area contributed by atoms with Crippen LogP contribution in [0.2, 0.25) is 0 Å². The molecule has 1 aliphatic heterocycles. The Labute approximate surface area is 208 Å². The van der Waals surface area contributed by atoms with E-state index in [-0.39, 0.29) is 17.1 Å². The molecule has 1 amide bonds. The van der Waals surface area contributed by atoms with Gasteiger partial charge in [-0.25, -0.2) is 13.2 Å². The lowest BCUT2D eigenvalue weighted by Crippen LogP contribution is -2.27. The van der Waals surface area contributed by atoms with Gasteiger partial charge in [0.15, 0.2) is 0 Å². The summed E-state index contributed by atoms with van der Waals surface area (Å²) in [6, 6.07) is 16.6. The van der Waals surface area contributed by atoms with Gasteiger partial charge in [0.05, 0.1) is 0 Å². The molecule has 1 heterocycles. The SMILES string of the molecule is CC1=C(C(=O)Nc2cccc(C(F)(F)C3CC3)c2)NC(c2cc(F)cc(-c3c(C)cccc3C)c2)N1. The zero-order valence-corrected chi connectivity index (χ0v) is 20.4. The Hall–Kier alpha value is -3.74. The Morgan fingerprint density at radius 1 is 0.944 bits per heavy atom. The van der Waals surface area contributed by atoms with E-state index in [0.29, 0.717) is 29.8 Å². The minimum absolute atomic E-state index is 0.0947. The molecule has 0 radical (unpaired) electrons. The van der Waals surface area contributed by atoms with Crippen LogP contribution < -0.4 is 16.0 Å². The first-order valence-electron chi connectivity index (χ1n) is 12.0. The Balaban J connectivity index is 1.34. The summed E-state index contributed by atoms with van der Waals surface area (Å²) >= 11 is 0. The Bertz CT molecular complexity index is 1360. The van der Waals surface area contributed by atoms with E-state index in [0.717, 1.165) is 22.3 Å². The number of anilines is 1. The average Bonchev–Trinajstić information content (AvgIpc) is 3.61. The Morgan fingerprint density at radius 2 is 1.64 bits per heavy atom. The summed E-state index contributed by atoms with van der Waals surface area (Å²) in [6.07, 6.45) is 0.505. The third-order valence-electron chi connectivity index (χ3n) is 6.87. The van der Waals surface area contributed by atoms with E-state index in [1.54, 1.807) is 13.0 Å². The van der Waals surface area contributed by atoms with Crippen molar-refractivity contribution < 1.29 is 18.0 Å². The van der Waals surface area contributed by atoms with E-state index in [9.17, 15) is 18.0 Å². The van der Waals surface area contributed by atoms with E-state index in [1.807, 2.05) is 38.1 Å². The maximum Gasteiger partial charge on any atom is 0.276 e. The van der Waals surface area contributed by atoms with Gasteiger partial charge in [0.1, 0.15) is 17.7 Å². The number of alkyl halides is 2. The van der Waals surface area contributed by atoms with Crippen molar-refractivity contribution in [3.05, 3.63) is 100 Å². The predicted octanol–water partition coefficient (Wildman–Crippen LogP) is 6.67. The first-order valence-corrected chi connectivity index (χ1v) is 12.0. The molecule has 3 N–H and O–H groups in total. The van der Waals surface area contributed by atoms with Gasteiger partial charge < -0.3 is 16.0 Å². The molecule has 0 bridgehead atoms. The zero-order valence-electron chi connectivity index (χ0n) is 20.4. The fourth-order valence-corrected chi connectivity index (χ4v) is 4.85. The van der Waals surface area contributed by atoms with Crippen molar-refractivity contribution in [3.63, 3.8) is 0 Å². The predicted molar refractivity (Wildman–Crippen MR) is 135 cm³/mol. The van der Waals surface area contributed by atoms with Crippen LogP contribution >= 0.6 is 0 Å². The molecule has 3 aromatic rings. The molecule has 1 atom stereocenters. The van der Waals surface area contributed by atoms with Gasteiger partial charge >= 0.3 is 0 Å². The first-order chi connectivity index (χ1) is 17.1. The Kier molecular flexibility index (Phi) is 6.02. The van der Waals surface area contributed by atoms with Crippen molar-refractivity contribution >= 4 is 11.6 Å². The molecule has 1 unspecified atom stereocenters. The van der Waals surface area contributed by atoms with Crippen LogP contribution in [0.25, 0.3) is 11.1 Å². The molecule has 2 aliphatic rings. The summed E-state index contributed by atoms with van der Waals surface area (Å²) in [5, 5.41) is 9.04. The number of carbonyl (C=O) groups excluding carboxylic acids is 1. The quantitative estimate of drug-likeness (QED) is 0.361. The van der Waals surface area contributed by atoms with Crippen molar-refractivity contribution in [3.8, 4) is 11.1 Å². The van der Waals surface area contributed by atoms with Gasteiger partial charge in [0.2, 0.25) is 0 Å². The zero-order chi connectivity index (χ0) is 25.6. The molecule has 0 saturated heterocycles. The molecule has 1 aliphatic carbocycles. The summed E-state index contributed by atoms with van der Waals surface area (Å²) < 4.78 is 43.7. The molecule has 1 fully saturated rings. The lowest BCUT2D eigenvalue weighted by molar-refractivity contribution is -0.113. The second kappa shape index (κ2) is 9.04. The number of rotatable bonds is 6. The number of nitrogens with one attached hydrogen (secondary N) is 3. The van der Waals surface area contributed by atoms with Crippen LogP contribution in [-0.4, -0.2) is 5.91 Å². The smallest absolute Gasteiger partial charge is 0.276 e. The van der Waals surface area contributed by atoms with E-state index >= 15 is 0 Å². The standard InChI is InChI=1S/C29H28F3N3O/c1-16-6-4-7-17(2)25(16)19-12-20(14-23(30)13-19)27-33-18(3)26(35-27)28(36)34-24-9-5-8-22(15-24)29(31,32)21-10-11-21/h4-9,12-15,21,27,33,35H,10-11H2,1-3H3,(H,34,36). The number of allylic oxidation sites excluding steroid dienone is 1. The molecule has 4 nitrogen and oxygen atoms in total. The van der Waals surface area contributed by atoms with Gasteiger partial charge in [-0.05, 0) is 91.8 Å². The highest BCUT2D eigenvalue weighted by Crippen LogP contribution is 2.49. The highest BCUT2D eigenvalue weighted by atomic mass is 19.3. The van der Waals surface area contributed by atoms with Crippen LogP contribution in [0.1, 0.15) is 48.2 Å². The lowest BCUT2D eigenvalue weighted by Gasteiger charge is -2.18. The van der Waals surface area contributed by atoms with Gasteiger partial charge in [0, 0.05) is 22.9 Å². The number of hydrogen-bond acceptors (Lipinski definition) is 3. The maximum absolute atomic E-state index is 14.7. The number of amides is 1. The van der Waals surface area contributed by atoms with Gasteiger partial charge in [-0.1, -0.05) is 30.3 Å². The Morgan fingerprint density at radius 3 is 2.33 bits per heavy atom. The molecule has 0 spiro atoms. The third-order valence-corrected chi connectivity index (χ3v) is 6.87. The van der Waals surface area contributed by atoms with Crippen molar-refractivity contribution in [1.29, 1.82) is 0 Å². The lowest BCUT2D eigenvalue weighted by atomic mass is 9.94. The summed E-state index contributed by atoms with van der Waals surface area (Å²) in [6.45, 7) is 5.72. The van der Waals surface area contributed by atoms with E-state index in [1.165, 1.54) is 30.3 Å². The number of halogens is 3. The van der Waals surface area contributed by atoms with E-state index < -0.39 is 23.9 Å². The van der Waals surface area contributed by atoms with Gasteiger partial charge in [0.25, 0.3) is 11.8 Å². The molecule has 3 aromatic carbocycles. The fourth-order valence-electron chi connectivity index (χ4n) is 4.85. The van der Waals surface area contributed by atoms with E-state index in [2.05, 4.69) is 16.0 Å². The molecule has 7 heteroatoms. The van der Waals surface area contributed by atoms with Crippen molar-refractivity contribution in [2.75, 3.05) is 5.32 Å². The summed E-state index contributed by atoms with van der Waals surface area (Å²) in [7, 11) is 0. The molecule has 0 aromatic heterocycles. The van der Waals surface area contributed by atoms with Crippen LogP contribution in [0.4, 0.5) is 18.9 Å². The highest BCUT2D eigenvalue weighted by molar-refractivity contribution is 6.04. The number of benzene rings is 3. The topological polar surface area (TPSA) is 53.2 Å². The van der Waals surface area contributed by atoms with E-state index in [4.69, 9.17) is 0 Å². The summed E-state index contributed by atoms with van der Waals surface area (Å²) in [4.78, 5) is 13.0. The van der Waals surface area contributed by atoms with Crippen LogP contribution in [0.3, 0.4) is 0 Å². The fraction of sp³-hybridized carbons (Fsp3) is 0.276. The molecule has 36 heavy (non-hydrogen) atoms. The first kappa shape index (κ1) is 24.0. The van der Waals surface area contributed by atoms with Gasteiger partial charge in [-0.3, -0.25) is 4.79 Å². The molecular weight excluding hydrogens is 463 g/mol. The minimum atomic E-state index is -2.90. The van der Waals surface area contributed by atoms with Crippen molar-refractivity contribution in [2.45, 2.75) is 45.7 Å². The normalized spacial score (nSPS) is 17.6. The molecular formula is C29H28F3N3O. The minimum Gasteiger partial charge on any atom is -0.363 e. The second-order valence-corrected chi connectivity index (χ2v) is 9.69. The average molecular weight is 492 g/mol. The van der Waals surface area contributed by atoms with Gasteiger partial charge in [-0.2, -0.15) is 0 Å². The summed E-state index contributed by atoms with van der Waals surface area (Å²) in [5.74, 6) is -4.37. The number of aryl methyl sites for hydroxylation is 2. The van der Waals surface area contributed by atoms with Crippen LogP contribution in [0.15, 0.2) is 72.1 Å². The van der Waals surface area contributed by atoms with Crippen molar-refractivity contribution in [2.24, 2.45) is 5.92 Å². The van der Waals surface area contributed by atoms with Crippen molar-refractivity contribution in [1.82, 2.24) is 10.6 Å². The van der Waals surface area contributed by atoms with Crippen LogP contribution in [-0.2, 0) is 10.7 Å². The molecule has 186 valence electrons. The van der Waals surface area contributed by atoms with Crippen LogP contribution in [0.5, 0.6) is 0 Å².